The topological polar surface area (TPSA) is 20.2 Å². The Labute approximate surface area is 128 Å². The molecule has 1 unspecified atom stereocenters. The van der Waals surface area contributed by atoms with Gasteiger partial charge in [0.2, 0.25) is 0 Å². The van der Waals surface area contributed by atoms with Crippen LogP contribution in [0.5, 0.6) is 0 Å². The van der Waals surface area contributed by atoms with Gasteiger partial charge in [0.25, 0.3) is 0 Å². The van der Waals surface area contributed by atoms with E-state index in [0.29, 0.717) is 5.02 Å². The molecule has 3 heteroatoms. The van der Waals surface area contributed by atoms with Gasteiger partial charge in [-0.05, 0) is 50.3 Å². The maximum absolute atomic E-state index is 10.9. The zero-order valence-electron chi connectivity index (χ0n) is 11.3. The molecular formula is C16H20BrClO. The number of allylic oxidation sites excluding steroid dienone is 1. The van der Waals surface area contributed by atoms with Crippen LogP contribution in [-0.2, 0) is 5.60 Å². The largest absolute Gasteiger partial charge is 0.381 e. The molecule has 0 fully saturated rings. The van der Waals surface area contributed by atoms with Crippen molar-refractivity contribution in [1.82, 2.24) is 0 Å². The van der Waals surface area contributed by atoms with Gasteiger partial charge in [0.1, 0.15) is 5.60 Å². The van der Waals surface area contributed by atoms with Gasteiger partial charge in [0, 0.05) is 15.1 Å². The lowest BCUT2D eigenvalue weighted by molar-refractivity contribution is 0.0923. The third kappa shape index (κ3) is 3.62. The Balaban J connectivity index is 2.34. The number of hydrogen-bond acceptors (Lipinski definition) is 1. The molecule has 1 aromatic carbocycles. The van der Waals surface area contributed by atoms with E-state index >= 15 is 0 Å². The fourth-order valence-corrected chi connectivity index (χ4v) is 3.55. The lowest BCUT2D eigenvalue weighted by atomic mass is 9.83. The first-order chi connectivity index (χ1) is 9.01. The molecule has 0 heterocycles. The molecule has 0 saturated carbocycles. The van der Waals surface area contributed by atoms with Crippen LogP contribution < -0.4 is 0 Å². The summed E-state index contributed by atoms with van der Waals surface area (Å²) >= 11 is 9.69. The summed E-state index contributed by atoms with van der Waals surface area (Å²) in [5.74, 6) is 0. The highest BCUT2D eigenvalue weighted by Gasteiger charge is 2.30. The molecule has 1 aliphatic carbocycles. The molecule has 0 bridgehead atoms. The quantitative estimate of drug-likeness (QED) is 0.694. The fraction of sp³-hybridized carbons (Fsp3) is 0.500. The molecule has 1 N–H and O–H groups in total. The molecule has 0 spiro atoms. The van der Waals surface area contributed by atoms with Gasteiger partial charge < -0.3 is 5.11 Å². The van der Waals surface area contributed by atoms with E-state index in [1.165, 1.54) is 19.3 Å². The van der Waals surface area contributed by atoms with Gasteiger partial charge in [-0.15, -0.1) is 0 Å². The van der Waals surface area contributed by atoms with Gasteiger partial charge in [-0.25, -0.2) is 0 Å². The van der Waals surface area contributed by atoms with Crippen LogP contribution in [0.4, 0.5) is 0 Å². The highest BCUT2D eigenvalue weighted by Crippen LogP contribution is 2.38. The standard InChI is InChI=1S/C16H20BrClO/c1-16(19,12-7-5-3-2-4-6-8-12)14-10-9-13(17)11-15(14)18/h7,9-11,19H,2-6,8H2,1H3/b12-7+. The minimum absolute atomic E-state index is 0.613. The minimum Gasteiger partial charge on any atom is -0.381 e. The first-order valence-electron chi connectivity index (χ1n) is 6.89. The summed E-state index contributed by atoms with van der Waals surface area (Å²) < 4.78 is 0.934. The Hall–Kier alpha value is -0.310. The van der Waals surface area contributed by atoms with Gasteiger partial charge in [0.15, 0.2) is 0 Å². The Morgan fingerprint density at radius 1 is 1.21 bits per heavy atom. The molecule has 0 radical (unpaired) electrons. The third-order valence-electron chi connectivity index (χ3n) is 3.87. The second-order valence-corrected chi connectivity index (χ2v) is 6.70. The zero-order valence-corrected chi connectivity index (χ0v) is 13.6. The van der Waals surface area contributed by atoms with E-state index in [-0.39, 0.29) is 0 Å². The van der Waals surface area contributed by atoms with Crippen LogP contribution in [-0.4, -0.2) is 5.11 Å². The molecule has 0 aromatic heterocycles. The van der Waals surface area contributed by atoms with Gasteiger partial charge >= 0.3 is 0 Å². The van der Waals surface area contributed by atoms with E-state index in [4.69, 9.17) is 11.6 Å². The predicted octanol–water partition coefficient (Wildman–Crippen LogP) is 5.59. The summed E-state index contributed by atoms with van der Waals surface area (Å²) in [6.07, 6.45) is 9.13. The molecule has 104 valence electrons. The van der Waals surface area contributed by atoms with Crippen molar-refractivity contribution in [1.29, 1.82) is 0 Å². The van der Waals surface area contributed by atoms with Crippen LogP contribution >= 0.6 is 27.5 Å². The zero-order chi connectivity index (χ0) is 13.9. The maximum Gasteiger partial charge on any atom is 0.109 e. The number of benzene rings is 1. The molecule has 0 aliphatic heterocycles. The van der Waals surface area contributed by atoms with Crippen molar-refractivity contribution in [2.24, 2.45) is 0 Å². The van der Waals surface area contributed by atoms with Gasteiger partial charge in [-0.2, -0.15) is 0 Å². The summed E-state index contributed by atoms with van der Waals surface area (Å²) in [6.45, 7) is 1.86. The molecule has 2 rings (SSSR count). The lowest BCUT2D eigenvalue weighted by Crippen LogP contribution is -2.25. The van der Waals surface area contributed by atoms with Gasteiger partial charge in [-0.3, -0.25) is 0 Å². The number of aliphatic hydroxyl groups is 1. The first-order valence-corrected chi connectivity index (χ1v) is 8.06. The van der Waals surface area contributed by atoms with Crippen LogP contribution in [0.15, 0.2) is 34.3 Å². The summed E-state index contributed by atoms with van der Waals surface area (Å²) in [6, 6.07) is 5.68. The molecular weight excluding hydrogens is 324 g/mol. The molecule has 1 aliphatic rings. The molecule has 1 atom stereocenters. The maximum atomic E-state index is 10.9. The van der Waals surface area contributed by atoms with Crippen molar-refractivity contribution in [3.8, 4) is 0 Å². The van der Waals surface area contributed by atoms with E-state index in [0.717, 1.165) is 34.9 Å². The number of rotatable bonds is 2. The van der Waals surface area contributed by atoms with Crippen LogP contribution in [0.25, 0.3) is 0 Å². The van der Waals surface area contributed by atoms with Crippen molar-refractivity contribution < 1.29 is 5.11 Å². The van der Waals surface area contributed by atoms with Gasteiger partial charge in [0.05, 0.1) is 0 Å². The van der Waals surface area contributed by atoms with E-state index in [1.54, 1.807) is 0 Å². The molecule has 0 saturated heterocycles. The fourth-order valence-electron chi connectivity index (χ4n) is 2.69. The Kier molecular flexibility index (Phi) is 5.10. The van der Waals surface area contributed by atoms with Crippen LogP contribution in [0.1, 0.15) is 51.0 Å². The average molecular weight is 344 g/mol. The smallest absolute Gasteiger partial charge is 0.109 e. The molecule has 19 heavy (non-hydrogen) atoms. The summed E-state index contributed by atoms with van der Waals surface area (Å²) in [5.41, 5.74) is 0.940. The lowest BCUT2D eigenvalue weighted by Gasteiger charge is -2.29. The SMILES string of the molecule is CC(O)(/C1=C/CCCCCC1)c1ccc(Br)cc1Cl. The van der Waals surface area contributed by atoms with Crippen molar-refractivity contribution in [3.05, 3.63) is 44.9 Å². The Morgan fingerprint density at radius 2 is 1.95 bits per heavy atom. The number of halogens is 2. The highest BCUT2D eigenvalue weighted by atomic mass is 79.9. The Bertz CT molecular complexity index is 480. The average Bonchev–Trinajstić information content (AvgIpc) is 2.26. The van der Waals surface area contributed by atoms with Crippen molar-refractivity contribution in [2.75, 3.05) is 0 Å². The third-order valence-corrected chi connectivity index (χ3v) is 4.68. The minimum atomic E-state index is -0.963. The van der Waals surface area contributed by atoms with Crippen molar-refractivity contribution in [2.45, 2.75) is 51.0 Å². The second-order valence-electron chi connectivity index (χ2n) is 5.38. The van der Waals surface area contributed by atoms with E-state index in [1.807, 2.05) is 25.1 Å². The molecule has 0 amide bonds. The highest BCUT2D eigenvalue weighted by molar-refractivity contribution is 9.10. The molecule has 1 aromatic rings. The van der Waals surface area contributed by atoms with Crippen LogP contribution in [0.3, 0.4) is 0 Å². The van der Waals surface area contributed by atoms with E-state index < -0.39 is 5.60 Å². The van der Waals surface area contributed by atoms with E-state index in [2.05, 4.69) is 22.0 Å². The Morgan fingerprint density at radius 3 is 2.68 bits per heavy atom. The second kappa shape index (κ2) is 6.43. The van der Waals surface area contributed by atoms with E-state index in [9.17, 15) is 5.11 Å². The number of hydrogen-bond donors (Lipinski definition) is 1. The predicted molar refractivity (Wildman–Crippen MR) is 84.5 cm³/mol. The van der Waals surface area contributed by atoms with Crippen LogP contribution in [0, 0.1) is 0 Å². The summed E-state index contributed by atoms with van der Waals surface area (Å²) in [5, 5.41) is 11.5. The first kappa shape index (κ1) is 15.1. The van der Waals surface area contributed by atoms with Crippen molar-refractivity contribution >= 4 is 27.5 Å². The normalized spacial score (nSPS) is 22.8. The van der Waals surface area contributed by atoms with Gasteiger partial charge in [-0.1, -0.05) is 52.5 Å². The summed E-state index contributed by atoms with van der Waals surface area (Å²) in [7, 11) is 0. The molecule has 1 nitrogen and oxygen atoms in total. The van der Waals surface area contributed by atoms with Crippen molar-refractivity contribution in [3.63, 3.8) is 0 Å². The summed E-state index contributed by atoms with van der Waals surface area (Å²) in [4.78, 5) is 0. The monoisotopic (exact) mass is 342 g/mol. The van der Waals surface area contributed by atoms with Crippen LogP contribution in [0.2, 0.25) is 5.02 Å².